The van der Waals surface area contributed by atoms with Crippen LogP contribution in [-0.4, -0.2) is 31.8 Å². The lowest BCUT2D eigenvalue weighted by Gasteiger charge is -2.27. The molecule has 1 spiro atoms. The first-order valence-electron chi connectivity index (χ1n) is 6.43. The summed E-state index contributed by atoms with van der Waals surface area (Å²) in [4.78, 5) is 27.9. The molecular formula is C13H11N5O2S. The smallest absolute Gasteiger partial charge is 0.265 e. The number of para-hydroxylation sites is 1. The Morgan fingerprint density at radius 1 is 1.33 bits per heavy atom. The van der Waals surface area contributed by atoms with E-state index in [-0.39, 0.29) is 17.8 Å². The van der Waals surface area contributed by atoms with Gasteiger partial charge in [0.2, 0.25) is 5.95 Å². The topological polar surface area (TPSA) is 88.9 Å². The Kier molecular flexibility index (Phi) is 2.41. The Balaban J connectivity index is 1.93. The molecule has 7 nitrogen and oxygen atoms in total. The van der Waals surface area contributed by atoms with E-state index in [4.69, 9.17) is 0 Å². The second kappa shape index (κ2) is 4.08. The van der Waals surface area contributed by atoms with Crippen LogP contribution in [0.1, 0.15) is 17.3 Å². The summed E-state index contributed by atoms with van der Waals surface area (Å²) in [6.07, 6.45) is 1.30. The fraction of sp³-hybridized carbons (Fsp3) is 0.231. The molecule has 0 radical (unpaired) electrons. The number of anilines is 2. The van der Waals surface area contributed by atoms with Gasteiger partial charge >= 0.3 is 0 Å². The van der Waals surface area contributed by atoms with Crippen molar-refractivity contribution in [2.75, 3.05) is 10.6 Å². The SMILES string of the molecule is C[C@@H]1S[C@@]2(Nc3ncnn3C1=O)C(=O)Nc1ccccc12. The average Bonchev–Trinajstić information content (AvgIpc) is 3.00. The number of benzene rings is 1. The number of carbonyl (C=O) groups excluding carboxylic acids is 2. The molecule has 1 aromatic carbocycles. The number of amides is 1. The molecule has 0 unspecified atom stereocenters. The summed E-state index contributed by atoms with van der Waals surface area (Å²) in [6, 6.07) is 7.44. The molecule has 2 atom stereocenters. The van der Waals surface area contributed by atoms with Crippen molar-refractivity contribution in [1.29, 1.82) is 0 Å². The first-order valence-corrected chi connectivity index (χ1v) is 7.31. The van der Waals surface area contributed by atoms with Crippen molar-refractivity contribution >= 4 is 35.2 Å². The van der Waals surface area contributed by atoms with Crippen LogP contribution in [0.3, 0.4) is 0 Å². The first-order chi connectivity index (χ1) is 10.1. The molecule has 0 bridgehead atoms. The third kappa shape index (κ3) is 1.56. The summed E-state index contributed by atoms with van der Waals surface area (Å²) in [6.45, 7) is 1.77. The lowest BCUT2D eigenvalue weighted by atomic mass is 10.1. The molecule has 1 aromatic heterocycles. The van der Waals surface area contributed by atoms with E-state index in [0.717, 1.165) is 11.3 Å². The number of hydrogen-bond acceptors (Lipinski definition) is 6. The molecule has 4 rings (SSSR count). The van der Waals surface area contributed by atoms with Gasteiger partial charge in [-0.25, -0.2) is 0 Å². The van der Waals surface area contributed by atoms with Gasteiger partial charge in [-0.1, -0.05) is 18.2 Å². The highest BCUT2D eigenvalue weighted by atomic mass is 32.2. The Labute approximate surface area is 124 Å². The molecule has 0 aliphatic carbocycles. The van der Waals surface area contributed by atoms with Crippen LogP contribution in [0.4, 0.5) is 11.6 Å². The van der Waals surface area contributed by atoms with E-state index in [1.807, 2.05) is 24.3 Å². The van der Waals surface area contributed by atoms with Crippen LogP contribution in [0.15, 0.2) is 30.6 Å². The van der Waals surface area contributed by atoms with Crippen LogP contribution in [0.25, 0.3) is 0 Å². The second-order valence-electron chi connectivity index (χ2n) is 4.90. The highest BCUT2D eigenvalue weighted by Crippen LogP contribution is 2.48. The normalized spacial score (nSPS) is 26.8. The summed E-state index contributed by atoms with van der Waals surface area (Å²) in [7, 11) is 0. The number of rotatable bonds is 0. The van der Waals surface area contributed by atoms with E-state index >= 15 is 0 Å². The van der Waals surface area contributed by atoms with Crippen LogP contribution in [-0.2, 0) is 9.67 Å². The fourth-order valence-corrected chi connectivity index (χ4v) is 3.98. The Hall–Kier alpha value is -2.35. The van der Waals surface area contributed by atoms with Crippen molar-refractivity contribution in [3.8, 4) is 0 Å². The molecule has 2 aliphatic heterocycles. The van der Waals surface area contributed by atoms with Gasteiger partial charge in [0.25, 0.3) is 11.8 Å². The fourth-order valence-electron chi connectivity index (χ4n) is 2.64. The van der Waals surface area contributed by atoms with Crippen LogP contribution in [0.2, 0.25) is 0 Å². The van der Waals surface area contributed by atoms with E-state index in [1.165, 1.54) is 22.8 Å². The number of nitrogens with zero attached hydrogens (tertiary/aromatic N) is 3. The van der Waals surface area contributed by atoms with E-state index in [0.29, 0.717) is 0 Å². The van der Waals surface area contributed by atoms with Crippen molar-refractivity contribution in [3.63, 3.8) is 0 Å². The van der Waals surface area contributed by atoms with Crippen molar-refractivity contribution in [1.82, 2.24) is 14.8 Å². The number of nitrogens with one attached hydrogen (secondary N) is 2. The van der Waals surface area contributed by atoms with Gasteiger partial charge in [0.05, 0.1) is 5.25 Å². The molecule has 3 heterocycles. The Bertz CT molecular complexity index is 773. The zero-order chi connectivity index (χ0) is 14.6. The van der Waals surface area contributed by atoms with Gasteiger partial charge in [-0.3, -0.25) is 9.59 Å². The predicted octanol–water partition coefficient (Wildman–Crippen LogP) is 1.27. The third-order valence-corrected chi connectivity index (χ3v) is 5.04. The Morgan fingerprint density at radius 2 is 2.14 bits per heavy atom. The zero-order valence-corrected chi connectivity index (χ0v) is 11.8. The van der Waals surface area contributed by atoms with Crippen molar-refractivity contribution in [2.24, 2.45) is 0 Å². The largest absolute Gasteiger partial charge is 0.328 e. The minimum absolute atomic E-state index is 0.200. The minimum Gasteiger partial charge on any atom is -0.328 e. The molecule has 106 valence electrons. The second-order valence-corrected chi connectivity index (χ2v) is 6.45. The molecule has 2 aliphatic rings. The molecule has 0 saturated carbocycles. The number of fused-ring (bicyclic) bond motifs is 3. The monoisotopic (exact) mass is 301 g/mol. The quantitative estimate of drug-likeness (QED) is 0.762. The van der Waals surface area contributed by atoms with Crippen molar-refractivity contribution in [2.45, 2.75) is 17.0 Å². The molecule has 21 heavy (non-hydrogen) atoms. The highest BCUT2D eigenvalue weighted by molar-refractivity contribution is 8.02. The van der Waals surface area contributed by atoms with E-state index in [1.54, 1.807) is 6.92 Å². The van der Waals surface area contributed by atoms with Crippen molar-refractivity contribution < 1.29 is 9.59 Å². The molecule has 2 aromatic rings. The van der Waals surface area contributed by atoms with E-state index < -0.39 is 10.1 Å². The van der Waals surface area contributed by atoms with Crippen LogP contribution < -0.4 is 10.6 Å². The summed E-state index contributed by atoms with van der Waals surface area (Å²) >= 11 is 1.26. The van der Waals surface area contributed by atoms with Crippen LogP contribution >= 0.6 is 11.8 Å². The summed E-state index contributed by atoms with van der Waals surface area (Å²) < 4.78 is 1.21. The summed E-state index contributed by atoms with van der Waals surface area (Å²) in [5.74, 6) is -0.123. The molecule has 8 heteroatoms. The highest BCUT2D eigenvalue weighted by Gasteiger charge is 2.52. The third-order valence-electron chi connectivity index (χ3n) is 3.62. The lowest BCUT2D eigenvalue weighted by Crippen LogP contribution is -2.40. The lowest BCUT2D eigenvalue weighted by molar-refractivity contribution is -0.117. The van der Waals surface area contributed by atoms with E-state index in [2.05, 4.69) is 20.7 Å². The van der Waals surface area contributed by atoms with Crippen LogP contribution in [0.5, 0.6) is 0 Å². The van der Waals surface area contributed by atoms with Gasteiger partial charge < -0.3 is 10.6 Å². The van der Waals surface area contributed by atoms with Gasteiger partial charge in [-0.15, -0.1) is 11.8 Å². The molecule has 2 N–H and O–H groups in total. The first kappa shape index (κ1) is 12.4. The summed E-state index contributed by atoms with van der Waals surface area (Å²) in [5.41, 5.74) is 1.55. The number of aromatic nitrogens is 3. The minimum atomic E-state index is -1.06. The molecular weight excluding hydrogens is 290 g/mol. The maximum atomic E-state index is 12.6. The summed E-state index contributed by atoms with van der Waals surface area (Å²) in [5, 5.41) is 9.45. The van der Waals surface area contributed by atoms with Crippen LogP contribution in [0, 0.1) is 0 Å². The van der Waals surface area contributed by atoms with Gasteiger partial charge in [0, 0.05) is 11.3 Å². The predicted molar refractivity (Wildman–Crippen MR) is 78.1 cm³/mol. The zero-order valence-electron chi connectivity index (χ0n) is 11.0. The van der Waals surface area contributed by atoms with Gasteiger partial charge in [0.1, 0.15) is 6.33 Å². The standard InChI is InChI=1S/C13H11N5O2S/c1-7-10(19)18-12(14-6-15-18)17-13(21-7)8-4-2-3-5-9(8)16-11(13)20/h2-7H,1H3,(H,16,20)(H,14,15,17)/t7-,13+/m0/s1. The van der Waals surface area contributed by atoms with Gasteiger partial charge in [-0.2, -0.15) is 14.8 Å². The number of hydrogen-bond donors (Lipinski definition) is 2. The molecule has 0 saturated heterocycles. The Morgan fingerprint density at radius 3 is 3.00 bits per heavy atom. The maximum Gasteiger partial charge on any atom is 0.265 e. The average molecular weight is 301 g/mol. The van der Waals surface area contributed by atoms with Gasteiger partial charge in [-0.05, 0) is 13.0 Å². The number of carbonyl (C=O) groups is 2. The van der Waals surface area contributed by atoms with Gasteiger partial charge in [0.15, 0.2) is 4.87 Å². The van der Waals surface area contributed by atoms with E-state index in [9.17, 15) is 9.59 Å². The molecule has 1 amide bonds. The number of thioether (sulfide) groups is 1. The maximum absolute atomic E-state index is 12.6. The molecule has 0 fully saturated rings. The van der Waals surface area contributed by atoms with Crippen molar-refractivity contribution in [3.05, 3.63) is 36.2 Å².